The number of carbonyl (C=O) groups excluding carboxylic acids is 1. The number of rotatable bonds is 9. The van der Waals surface area contributed by atoms with Crippen molar-refractivity contribution in [2.75, 3.05) is 4.72 Å². The van der Waals surface area contributed by atoms with Crippen LogP contribution in [0.2, 0.25) is 0 Å². The molecule has 0 unspecified atom stereocenters. The van der Waals surface area contributed by atoms with Crippen LogP contribution in [0.4, 0.5) is 5.69 Å². The molecule has 2 heterocycles. The standard InChI is InChI=1S/C29H29N3O5S/c33-27(34)14-13-19-7-6-8-20(15-19)21-16-24-25(18-31-29(24)30-17-21)28(35)23-11-4-5-12-26(23)32-38(36,37)22-9-2-1-3-10-22/h4-8,11-12,15-18,22,32H,1-3,9-10,13-14H2,(H,30,31)(H,33,34). The molecule has 9 heteroatoms. The van der Waals surface area contributed by atoms with Gasteiger partial charge in [-0.05, 0) is 48.6 Å². The van der Waals surface area contributed by atoms with E-state index in [0.717, 1.165) is 36.0 Å². The van der Waals surface area contributed by atoms with Gasteiger partial charge in [0.25, 0.3) is 0 Å². The van der Waals surface area contributed by atoms with Crippen LogP contribution in [-0.2, 0) is 21.2 Å². The Bertz CT molecular complexity index is 1600. The van der Waals surface area contributed by atoms with Crippen LogP contribution in [0.15, 0.2) is 67.0 Å². The van der Waals surface area contributed by atoms with Crippen LogP contribution in [0.25, 0.3) is 22.2 Å². The maximum absolute atomic E-state index is 13.7. The van der Waals surface area contributed by atoms with Gasteiger partial charge in [-0.25, -0.2) is 13.4 Å². The lowest BCUT2D eigenvalue weighted by Crippen LogP contribution is -2.30. The van der Waals surface area contributed by atoms with E-state index in [1.165, 1.54) is 0 Å². The summed E-state index contributed by atoms with van der Waals surface area (Å²) < 4.78 is 28.8. The minimum atomic E-state index is -3.62. The number of carboxylic acids is 1. The number of carboxylic acid groups (broad SMARTS) is 1. The van der Waals surface area contributed by atoms with Crippen LogP contribution in [0.3, 0.4) is 0 Å². The molecule has 38 heavy (non-hydrogen) atoms. The number of hydrogen-bond acceptors (Lipinski definition) is 5. The molecule has 196 valence electrons. The topological polar surface area (TPSA) is 129 Å². The second-order valence-electron chi connectivity index (χ2n) is 9.70. The first-order valence-corrected chi connectivity index (χ1v) is 14.3. The zero-order valence-corrected chi connectivity index (χ0v) is 21.6. The number of para-hydroxylation sites is 1. The molecule has 2 aromatic heterocycles. The maximum Gasteiger partial charge on any atom is 0.303 e. The van der Waals surface area contributed by atoms with Gasteiger partial charge in [0.2, 0.25) is 10.0 Å². The van der Waals surface area contributed by atoms with Crippen molar-refractivity contribution in [3.05, 3.63) is 83.7 Å². The summed E-state index contributed by atoms with van der Waals surface area (Å²) in [5, 5.41) is 9.16. The molecule has 1 aliphatic rings. The van der Waals surface area contributed by atoms with Crippen LogP contribution in [0.1, 0.15) is 60.0 Å². The Labute approximate surface area is 221 Å². The fourth-order valence-corrected chi connectivity index (χ4v) is 6.64. The third-order valence-electron chi connectivity index (χ3n) is 7.08. The minimum absolute atomic E-state index is 0.0428. The van der Waals surface area contributed by atoms with Gasteiger partial charge in [-0.2, -0.15) is 0 Å². The number of nitrogens with zero attached hydrogens (tertiary/aromatic N) is 1. The number of carbonyl (C=O) groups is 2. The summed E-state index contributed by atoms with van der Waals surface area (Å²) in [4.78, 5) is 32.2. The Morgan fingerprint density at radius 3 is 2.55 bits per heavy atom. The van der Waals surface area contributed by atoms with E-state index in [4.69, 9.17) is 5.11 Å². The Kier molecular flexibility index (Phi) is 7.28. The van der Waals surface area contributed by atoms with Crippen molar-refractivity contribution in [1.29, 1.82) is 0 Å². The highest BCUT2D eigenvalue weighted by atomic mass is 32.2. The van der Waals surface area contributed by atoms with Crippen molar-refractivity contribution in [3.8, 4) is 11.1 Å². The molecule has 1 saturated carbocycles. The summed E-state index contributed by atoms with van der Waals surface area (Å²) >= 11 is 0. The van der Waals surface area contributed by atoms with E-state index in [-0.39, 0.29) is 23.5 Å². The third kappa shape index (κ3) is 5.47. The van der Waals surface area contributed by atoms with Gasteiger partial charge >= 0.3 is 5.97 Å². The van der Waals surface area contributed by atoms with Gasteiger partial charge in [0.15, 0.2) is 5.78 Å². The van der Waals surface area contributed by atoms with Crippen LogP contribution in [0, 0.1) is 0 Å². The van der Waals surface area contributed by atoms with E-state index in [2.05, 4.69) is 14.7 Å². The average Bonchev–Trinajstić information content (AvgIpc) is 3.36. The fourth-order valence-electron chi connectivity index (χ4n) is 5.03. The van der Waals surface area contributed by atoms with E-state index in [0.29, 0.717) is 35.9 Å². The number of nitrogens with one attached hydrogen (secondary N) is 2. The summed E-state index contributed by atoms with van der Waals surface area (Å²) in [7, 11) is -3.62. The number of fused-ring (bicyclic) bond motifs is 1. The first kappa shape index (κ1) is 25.7. The smallest absolute Gasteiger partial charge is 0.303 e. The molecule has 0 atom stereocenters. The molecule has 0 bridgehead atoms. The van der Waals surface area contributed by atoms with Crippen LogP contribution < -0.4 is 4.72 Å². The maximum atomic E-state index is 13.7. The Morgan fingerprint density at radius 2 is 1.76 bits per heavy atom. The number of anilines is 1. The number of pyridine rings is 1. The number of H-pyrrole nitrogens is 1. The lowest BCUT2D eigenvalue weighted by molar-refractivity contribution is -0.136. The van der Waals surface area contributed by atoms with E-state index in [9.17, 15) is 18.0 Å². The van der Waals surface area contributed by atoms with Gasteiger partial charge in [0, 0.05) is 40.9 Å². The first-order chi connectivity index (χ1) is 18.3. The minimum Gasteiger partial charge on any atom is -0.481 e. The molecule has 4 aromatic rings. The normalized spacial score (nSPS) is 14.4. The van der Waals surface area contributed by atoms with Crippen molar-refractivity contribution in [3.63, 3.8) is 0 Å². The SMILES string of the molecule is O=C(O)CCc1cccc(-c2cnc3[nH]cc(C(=O)c4ccccc4NS(=O)(=O)C4CCCCC4)c3c2)c1. The average molecular weight is 532 g/mol. The van der Waals surface area contributed by atoms with Crippen LogP contribution in [0.5, 0.6) is 0 Å². The molecule has 0 amide bonds. The lowest BCUT2D eigenvalue weighted by Gasteiger charge is -2.23. The summed E-state index contributed by atoms with van der Waals surface area (Å²) in [5.41, 5.74) is 4.02. The summed E-state index contributed by atoms with van der Waals surface area (Å²) in [6.45, 7) is 0. The van der Waals surface area contributed by atoms with E-state index < -0.39 is 21.2 Å². The molecule has 1 fully saturated rings. The van der Waals surface area contributed by atoms with Crippen molar-refractivity contribution >= 4 is 38.5 Å². The molecule has 3 N–H and O–H groups in total. The highest BCUT2D eigenvalue weighted by Gasteiger charge is 2.29. The third-order valence-corrected chi connectivity index (χ3v) is 8.93. The van der Waals surface area contributed by atoms with Gasteiger partial charge in [0.1, 0.15) is 5.65 Å². The van der Waals surface area contributed by atoms with Crippen molar-refractivity contribution in [2.45, 2.75) is 50.2 Å². The number of aromatic amines is 1. The molecule has 0 saturated heterocycles. The number of aryl methyl sites for hydroxylation is 1. The van der Waals surface area contributed by atoms with Crippen molar-refractivity contribution in [1.82, 2.24) is 9.97 Å². The summed E-state index contributed by atoms with van der Waals surface area (Å²) in [6.07, 6.45) is 7.83. The fraction of sp³-hybridized carbons (Fsp3) is 0.276. The predicted molar refractivity (Wildman–Crippen MR) is 147 cm³/mol. The molecule has 0 radical (unpaired) electrons. The molecule has 0 aliphatic heterocycles. The quantitative estimate of drug-likeness (QED) is 0.243. The predicted octanol–water partition coefficient (Wildman–Crippen LogP) is 5.55. The molecule has 1 aliphatic carbocycles. The lowest BCUT2D eigenvalue weighted by atomic mass is 9.99. The number of hydrogen-bond donors (Lipinski definition) is 3. The number of benzene rings is 2. The molecule has 0 spiro atoms. The highest BCUT2D eigenvalue weighted by Crippen LogP contribution is 2.30. The van der Waals surface area contributed by atoms with Gasteiger partial charge in [-0.15, -0.1) is 0 Å². The summed E-state index contributed by atoms with van der Waals surface area (Å²) in [5.74, 6) is -1.16. The van der Waals surface area contributed by atoms with Crippen molar-refractivity contribution < 1.29 is 23.1 Å². The van der Waals surface area contributed by atoms with Crippen molar-refractivity contribution in [2.24, 2.45) is 0 Å². The molecule has 5 rings (SSSR count). The zero-order chi connectivity index (χ0) is 26.7. The largest absolute Gasteiger partial charge is 0.481 e. The monoisotopic (exact) mass is 531 g/mol. The van der Waals surface area contributed by atoms with Gasteiger partial charge in [-0.3, -0.25) is 14.3 Å². The Morgan fingerprint density at radius 1 is 0.974 bits per heavy atom. The zero-order valence-electron chi connectivity index (χ0n) is 20.8. The first-order valence-electron chi connectivity index (χ1n) is 12.8. The van der Waals surface area contributed by atoms with Crippen LogP contribution in [-0.4, -0.2) is 40.5 Å². The molecule has 2 aromatic carbocycles. The number of ketones is 1. The number of aliphatic carboxylic acids is 1. The second kappa shape index (κ2) is 10.8. The van der Waals surface area contributed by atoms with Gasteiger partial charge < -0.3 is 10.1 Å². The second-order valence-corrected chi connectivity index (χ2v) is 11.7. The van der Waals surface area contributed by atoms with E-state index >= 15 is 0 Å². The van der Waals surface area contributed by atoms with Gasteiger partial charge in [-0.1, -0.05) is 55.7 Å². The molecular formula is C29H29N3O5S. The van der Waals surface area contributed by atoms with E-state index in [1.807, 2.05) is 30.3 Å². The molecule has 8 nitrogen and oxygen atoms in total. The Hall–Kier alpha value is -3.98. The van der Waals surface area contributed by atoms with Gasteiger partial charge in [0.05, 0.1) is 10.9 Å². The number of sulfonamides is 1. The van der Waals surface area contributed by atoms with Crippen LogP contribution >= 0.6 is 0 Å². The number of aromatic nitrogens is 2. The van der Waals surface area contributed by atoms with E-state index in [1.54, 1.807) is 36.7 Å². The Balaban J connectivity index is 1.46. The molecular weight excluding hydrogens is 502 g/mol. The highest BCUT2D eigenvalue weighted by molar-refractivity contribution is 7.93. The summed E-state index contributed by atoms with van der Waals surface area (Å²) in [6, 6.07) is 16.1.